The number of aromatic nitrogens is 1. The zero-order valence-electron chi connectivity index (χ0n) is 13.5. The van der Waals surface area contributed by atoms with Gasteiger partial charge in [0.25, 0.3) is 0 Å². The Labute approximate surface area is 146 Å². The van der Waals surface area contributed by atoms with Crippen LogP contribution >= 0.6 is 11.6 Å². The molecule has 0 radical (unpaired) electrons. The molecule has 0 bridgehead atoms. The van der Waals surface area contributed by atoms with Crippen molar-refractivity contribution in [1.82, 2.24) is 10.1 Å². The molecule has 1 aromatic carbocycles. The van der Waals surface area contributed by atoms with Crippen LogP contribution in [-0.2, 0) is 16.0 Å². The van der Waals surface area contributed by atoms with Crippen molar-refractivity contribution in [2.45, 2.75) is 25.0 Å². The summed E-state index contributed by atoms with van der Waals surface area (Å²) in [6.45, 7) is 5.01. The molecule has 0 N–H and O–H groups in total. The highest BCUT2D eigenvalue weighted by atomic mass is 35.5. The Hall–Kier alpha value is -1.40. The van der Waals surface area contributed by atoms with Gasteiger partial charge in [-0.1, -0.05) is 16.8 Å². The van der Waals surface area contributed by atoms with Gasteiger partial charge in [0, 0.05) is 61.8 Å². The first-order valence-corrected chi connectivity index (χ1v) is 8.75. The minimum Gasteiger partial charge on any atom is -0.381 e. The molecule has 1 spiro atoms. The van der Waals surface area contributed by atoms with Crippen LogP contribution in [0.2, 0.25) is 5.02 Å². The Balaban J connectivity index is 1.49. The number of ether oxygens (including phenoxy) is 2. The maximum Gasteiger partial charge on any atom is 0.171 e. The molecule has 0 amide bonds. The summed E-state index contributed by atoms with van der Waals surface area (Å²) in [7, 11) is 0. The maximum absolute atomic E-state index is 6.11. The van der Waals surface area contributed by atoms with Crippen molar-refractivity contribution >= 4 is 11.6 Å². The third-order valence-corrected chi connectivity index (χ3v) is 5.13. The van der Waals surface area contributed by atoms with Gasteiger partial charge in [-0.3, -0.25) is 4.90 Å². The number of hydrogen-bond donors (Lipinski definition) is 0. The van der Waals surface area contributed by atoms with Crippen molar-refractivity contribution in [2.24, 2.45) is 0 Å². The number of morpholine rings is 1. The van der Waals surface area contributed by atoms with Crippen LogP contribution in [0.1, 0.15) is 18.4 Å². The Morgan fingerprint density at radius 1 is 1.12 bits per heavy atom. The zero-order chi connectivity index (χ0) is 16.4. The van der Waals surface area contributed by atoms with E-state index in [2.05, 4.69) is 10.1 Å². The number of rotatable bonds is 3. The second-order valence-corrected chi connectivity index (χ2v) is 6.98. The lowest BCUT2D eigenvalue weighted by atomic mass is 9.92. The van der Waals surface area contributed by atoms with Crippen molar-refractivity contribution < 1.29 is 14.0 Å². The van der Waals surface area contributed by atoms with E-state index >= 15 is 0 Å². The van der Waals surface area contributed by atoms with E-state index in [1.165, 1.54) is 0 Å². The molecule has 3 heterocycles. The normalized spacial score (nSPS) is 21.2. The lowest BCUT2D eigenvalue weighted by Gasteiger charge is -2.44. The van der Waals surface area contributed by atoms with E-state index < -0.39 is 0 Å². The fourth-order valence-electron chi connectivity index (χ4n) is 3.56. The second kappa shape index (κ2) is 6.84. The predicted octanol–water partition coefficient (Wildman–Crippen LogP) is 3.38. The molecule has 2 saturated heterocycles. The number of benzene rings is 1. The summed E-state index contributed by atoms with van der Waals surface area (Å²) in [5.41, 5.74) is 2.05. The molecule has 0 aliphatic carbocycles. The SMILES string of the molecule is Clc1ccc(-c2oncc2CN2CCOC3(CCOCC3)C2)cc1. The first kappa shape index (κ1) is 16.1. The van der Waals surface area contributed by atoms with Crippen LogP contribution in [0.3, 0.4) is 0 Å². The minimum absolute atomic E-state index is 0.0475. The molecule has 0 unspecified atom stereocenters. The molecule has 2 fully saturated rings. The van der Waals surface area contributed by atoms with Crippen LogP contribution < -0.4 is 0 Å². The van der Waals surface area contributed by atoms with Gasteiger partial charge in [0.2, 0.25) is 0 Å². The van der Waals surface area contributed by atoms with Crippen molar-refractivity contribution in [3.8, 4) is 11.3 Å². The van der Waals surface area contributed by atoms with Gasteiger partial charge in [-0.2, -0.15) is 0 Å². The molecule has 2 aliphatic heterocycles. The standard InChI is InChI=1S/C18H21ClN2O3/c19-16-3-1-14(2-4-16)17-15(11-20-24-17)12-21-7-10-23-18(13-21)5-8-22-9-6-18/h1-4,11H,5-10,12-13H2. The van der Waals surface area contributed by atoms with Gasteiger partial charge in [0.1, 0.15) is 0 Å². The Kier molecular flexibility index (Phi) is 4.59. The van der Waals surface area contributed by atoms with E-state index in [1.807, 2.05) is 30.5 Å². The average molecular weight is 349 g/mol. The lowest BCUT2D eigenvalue weighted by molar-refractivity contribution is -0.155. The van der Waals surface area contributed by atoms with Crippen LogP contribution in [-0.4, -0.2) is 48.6 Å². The monoisotopic (exact) mass is 348 g/mol. The van der Waals surface area contributed by atoms with Crippen molar-refractivity contribution in [2.75, 3.05) is 32.9 Å². The average Bonchev–Trinajstić information content (AvgIpc) is 3.04. The van der Waals surface area contributed by atoms with Gasteiger partial charge in [0.05, 0.1) is 18.4 Å². The molecule has 1 aromatic heterocycles. The van der Waals surface area contributed by atoms with E-state index in [0.717, 1.165) is 74.2 Å². The fraction of sp³-hybridized carbons (Fsp3) is 0.500. The highest BCUT2D eigenvalue weighted by Gasteiger charge is 2.38. The number of hydrogen-bond acceptors (Lipinski definition) is 5. The van der Waals surface area contributed by atoms with E-state index in [1.54, 1.807) is 0 Å². The third kappa shape index (κ3) is 3.35. The Morgan fingerprint density at radius 2 is 1.92 bits per heavy atom. The first-order valence-electron chi connectivity index (χ1n) is 8.38. The van der Waals surface area contributed by atoms with Crippen LogP contribution in [0.4, 0.5) is 0 Å². The summed E-state index contributed by atoms with van der Waals surface area (Å²) in [6.07, 6.45) is 3.75. The summed E-state index contributed by atoms with van der Waals surface area (Å²) < 4.78 is 17.1. The van der Waals surface area contributed by atoms with Crippen LogP contribution in [0.5, 0.6) is 0 Å². The molecule has 24 heavy (non-hydrogen) atoms. The smallest absolute Gasteiger partial charge is 0.171 e. The molecule has 0 saturated carbocycles. The van der Waals surface area contributed by atoms with E-state index in [4.69, 9.17) is 25.6 Å². The van der Waals surface area contributed by atoms with Crippen molar-refractivity contribution in [3.05, 3.63) is 41.0 Å². The molecule has 2 aliphatic rings. The second-order valence-electron chi connectivity index (χ2n) is 6.54. The Bertz CT molecular complexity index is 674. The van der Waals surface area contributed by atoms with Crippen LogP contribution in [0.25, 0.3) is 11.3 Å². The van der Waals surface area contributed by atoms with Crippen molar-refractivity contribution in [3.63, 3.8) is 0 Å². The number of halogens is 1. The van der Waals surface area contributed by atoms with Crippen LogP contribution in [0, 0.1) is 0 Å². The van der Waals surface area contributed by atoms with Gasteiger partial charge >= 0.3 is 0 Å². The summed E-state index contributed by atoms with van der Waals surface area (Å²) in [5.74, 6) is 0.819. The first-order chi connectivity index (χ1) is 11.7. The molecule has 128 valence electrons. The van der Waals surface area contributed by atoms with Gasteiger partial charge in [-0.05, 0) is 24.3 Å². The maximum atomic E-state index is 6.11. The van der Waals surface area contributed by atoms with Gasteiger partial charge < -0.3 is 14.0 Å². The molecular weight excluding hydrogens is 328 g/mol. The summed E-state index contributed by atoms with van der Waals surface area (Å²) in [4.78, 5) is 2.43. The molecule has 6 heteroatoms. The number of nitrogens with zero attached hydrogens (tertiary/aromatic N) is 2. The van der Waals surface area contributed by atoms with Gasteiger partial charge in [-0.25, -0.2) is 0 Å². The molecular formula is C18H21ClN2O3. The Morgan fingerprint density at radius 3 is 2.71 bits per heavy atom. The predicted molar refractivity (Wildman–Crippen MR) is 91.0 cm³/mol. The van der Waals surface area contributed by atoms with E-state index in [0.29, 0.717) is 0 Å². The van der Waals surface area contributed by atoms with Crippen LogP contribution in [0.15, 0.2) is 35.0 Å². The zero-order valence-corrected chi connectivity index (χ0v) is 14.3. The summed E-state index contributed by atoms with van der Waals surface area (Å²) in [5, 5.41) is 4.72. The van der Waals surface area contributed by atoms with E-state index in [9.17, 15) is 0 Å². The van der Waals surface area contributed by atoms with Crippen molar-refractivity contribution in [1.29, 1.82) is 0 Å². The highest BCUT2D eigenvalue weighted by Crippen LogP contribution is 2.31. The third-order valence-electron chi connectivity index (χ3n) is 4.88. The molecule has 2 aromatic rings. The van der Waals surface area contributed by atoms with Gasteiger partial charge in [0.15, 0.2) is 5.76 Å². The largest absolute Gasteiger partial charge is 0.381 e. The lowest BCUT2D eigenvalue weighted by Crippen LogP contribution is -2.54. The molecule has 0 atom stereocenters. The summed E-state index contributed by atoms with van der Waals surface area (Å²) in [6, 6.07) is 7.67. The van der Waals surface area contributed by atoms with E-state index in [-0.39, 0.29) is 5.60 Å². The quantitative estimate of drug-likeness (QED) is 0.851. The summed E-state index contributed by atoms with van der Waals surface area (Å²) >= 11 is 5.97. The fourth-order valence-corrected chi connectivity index (χ4v) is 3.68. The molecule has 4 rings (SSSR count). The minimum atomic E-state index is -0.0475. The highest BCUT2D eigenvalue weighted by molar-refractivity contribution is 6.30. The topological polar surface area (TPSA) is 47.7 Å². The van der Waals surface area contributed by atoms with Gasteiger partial charge in [-0.15, -0.1) is 0 Å². The molecule has 5 nitrogen and oxygen atoms in total.